The first-order valence-electron chi connectivity index (χ1n) is 7.80. The van der Waals surface area contributed by atoms with E-state index in [4.69, 9.17) is 0 Å². The van der Waals surface area contributed by atoms with Crippen LogP contribution < -0.4 is 5.56 Å². The number of hydrogen-bond acceptors (Lipinski definition) is 3. The molecular weight excluding hydrogens is 317 g/mol. The Morgan fingerprint density at radius 1 is 0.960 bits per heavy atom. The third-order valence-corrected chi connectivity index (χ3v) is 4.15. The molecule has 0 amide bonds. The zero-order chi connectivity index (χ0) is 17.4. The van der Waals surface area contributed by atoms with Gasteiger partial charge in [0.05, 0.1) is 22.9 Å². The van der Waals surface area contributed by atoms with Gasteiger partial charge in [-0.05, 0) is 48.0 Å². The van der Waals surface area contributed by atoms with Gasteiger partial charge in [-0.3, -0.25) is 9.78 Å². The largest absolute Gasteiger partial charge is 0.302 e. The van der Waals surface area contributed by atoms with E-state index < -0.39 is 0 Å². The van der Waals surface area contributed by atoms with Gasteiger partial charge in [-0.25, -0.2) is 9.37 Å². The Morgan fingerprint density at radius 3 is 2.52 bits per heavy atom. The predicted molar refractivity (Wildman–Crippen MR) is 95.6 cm³/mol. The molecule has 0 aliphatic rings. The molecule has 4 rings (SSSR count). The minimum absolute atomic E-state index is 0.0981. The maximum Gasteiger partial charge on any atom is 0.260 e. The Hall–Kier alpha value is -3.34. The second kappa shape index (κ2) is 5.94. The first kappa shape index (κ1) is 15.2. The third-order valence-electron chi connectivity index (χ3n) is 4.15. The van der Waals surface area contributed by atoms with Crippen molar-refractivity contribution in [1.29, 1.82) is 0 Å². The molecular formula is C20H14FN3O. The normalized spacial score (nSPS) is 11.0. The molecule has 0 spiro atoms. The lowest BCUT2D eigenvalue weighted by atomic mass is 9.98. The van der Waals surface area contributed by atoms with E-state index >= 15 is 0 Å². The van der Waals surface area contributed by atoms with E-state index in [0.29, 0.717) is 10.9 Å². The highest BCUT2D eigenvalue weighted by atomic mass is 19.1. The Bertz CT molecular complexity index is 1130. The minimum Gasteiger partial charge on any atom is -0.302 e. The smallest absolute Gasteiger partial charge is 0.260 e. The number of rotatable bonds is 2. The van der Waals surface area contributed by atoms with Gasteiger partial charge in [-0.2, -0.15) is 0 Å². The molecule has 0 unspecified atom stereocenters. The second-order valence-electron chi connectivity index (χ2n) is 5.80. The molecule has 0 N–H and O–H groups in total. The molecule has 5 heteroatoms. The van der Waals surface area contributed by atoms with E-state index in [1.54, 1.807) is 25.4 Å². The number of benzene rings is 2. The Morgan fingerprint density at radius 2 is 1.72 bits per heavy atom. The molecule has 25 heavy (non-hydrogen) atoms. The molecule has 2 heterocycles. The van der Waals surface area contributed by atoms with Gasteiger partial charge in [0.2, 0.25) is 0 Å². The molecule has 2 aromatic heterocycles. The molecule has 0 bridgehead atoms. The monoisotopic (exact) mass is 331 g/mol. The topological polar surface area (TPSA) is 47.8 Å². The van der Waals surface area contributed by atoms with Crippen molar-refractivity contribution < 1.29 is 4.39 Å². The number of halogens is 1. The van der Waals surface area contributed by atoms with E-state index in [0.717, 1.165) is 22.4 Å². The van der Waals surface area contributed by atoms with E-state index in [2.05, 4.69) is 9.97 Å². The maximum absolute atomic E-state index is 13.2. The van der Waals surface area contributed by atoms with Crippen LogP contribution >= 0.6 is 0 Å². The van der Waals surface area contributed by atoms with Crippen molar-refractivity contribution in [2.75, 3.05) is 0 Å². The number of hydrogen-bond donors (Lipinski definition) is 0. The number of aryl methyl sites for hydroxylation is 1. The molecule has 0 radical (unpaired) electrons. The zero-order valence-corrected chi connectivity index (χ0v) is 13.5. The van der Waals surface area contributed by atoms with Gasteiger partial charge < -0.3 is 4.57 Å². The molecule has 4 aromatic rings. The Balaban J connectivity index is 1.94. The third kappa shape index (κ3) is 2.70. The summed E-state index contributed by atoms with van der Waals surface area (Å²) in [7, 11) is 1.68. The van der Waals surface area contributed by atoms with Gasteiger partial charge in [-0.15, -0.1) is 0 Å². The second-order valence-corrected chi connectivity index (χ2v) is 5.80. The number of nitrogens with zero attached hydrogens (tertiary/aromatic N) is 3. The van der Waals surface area contributed by atoms with Crippen LogP contribution in [0.1, 0.15) is 0 Å². The molecule has 2 aromatic carbocycles. The summed E-state index contributed by atoms with van der Waals surface area (Å²) in [5, 5.41) is 0.552. The van der Waals surface area contributed by atoms with Crippen LogP contribution in [0.4, 0.5) is 4.39 Å². The fourth-order valence-corrected chi connectivity index (χ4v) is 2.85. The summed E-state index contributed by atoms with van der Waals surface area (Å²) in [5.41, 5.74) is 3.85. The molecule has 0 atom stereocenters. The lowest BCUT2D eigenvalue weighted by molar-refractivity contribution is 0.628. The predicted octanol–water partition coefficient (Wildman–Crippen LogP) is 3.80. The molecule has 0 aliphatic heterocycles. The van der Waals surface area contributed by atoms with Gasteiger partial charge in [0.1, 0.15) is 5.82 Å². The van der Waals surface area contributed by atoms with Crippen LogP contribution in [0, 0.1) is 5.82 Å². The summed E-state index contributed by atoms with van der Waals surface area (Å²) in [6.07, 6.45) is 3.21. The summed E-state index contributed by atoms with van der Waals surface area (Å²) in [5.74, 6) is -0.290. The van der Waals surface area contributed by atoms with E-state index in [1.165, 1.54) is 23.0 Å². The van der Waals surface area contributed by atoms with Crippen molar-refractivity contribution in [2.45, 2.75) is 0 Å². The standard InChI is InChI=1S/C20H14FN3O/c1-24-12-23-18-9-6-14(11-17(18)20(24)25)16-3-2-10-22-19(16)13-4-7-15(21)8-5-13/h2-12H,1H3. The van der Waals surface area contributed by atoms with Gasteiger partial charge in [0, 0.05) is 24.4 Å². The van der Waals surface area contributed by atoms with Crippen molar-refractivity contribution in [2.24, 2.45) is 7.05 Å². The van der Waals surface area contributed by atoms with Gasteiger partial charge in [0.15, 0.2) is 0 Å². The van der Waals surface area contributed by atoms with E-state index in [9.17, 15) is 9.18 Å². The van der Waals surface area contributed by atoms with Crippen LogP contribution in [0.2, 0.25) is 0 Å². The van der Waals surface area contributed by atoms with Crippen molar-refractivity contribution in [3.8, 4) is 22.4 Å². The van der Waals surface area contributed by atoms with Crippen LogP contribution in [0.3, 0.4) is 0 Å². The summed E-state index contributed by atoms with van der Waals surface area (Å²) in [6, 6.07) is 15.6. The summed E-state index contributed by atoms with van der Waals surface area (Å²) in [4.78, 5) is 21.1. The lowest BCUT2D eigenvalue weighted by Crippen LogP contribution is -2.16. The lowest BCUT2D eigenvalue weighted by Gasteiger charge is -2.10. The number of pyridine rings is 1. The van der Waals surface area contributed by atoms with E-state index in [-0.39, 0.29) is 11.4 Å². The molecule has 0 saturated heterocycles. The fourth-order valence-electron chi connectivity index (χ4n) is 2.85. The number of fused-ring (bicyclic) bond motifs is 1. The highest BCUT2D eigenvalue weighted by molar-refractivity contribution is 5.88. The summed E-state index contributed by atoms with van der Waals surface area (Å²) in [6.45, 7) is 0. The first-order chi connectivity index (χ1) is 12.1. The zero-order valence-electron chi connectivity index (χ0n) is 13.5. The SMILES string of the molecule is Cn1cnc2ccc(-c3cccnc3-c3ccc(F)cc3)cc2c1=O. The van der Waals surface area contributed by atoms with Crippen LogP contribution in [0.25, 0.3) is 33.3 Å². The Kier molecular flexibility index (Phi) is 3.61. The first-order valence-corrected chi connectivity index (χ1v) is 7.80. The highest BCUT2D eigenvalue weighted by Gasteiger charge is 2.11. The van der Waals surface area contributed by atoms with Gasteiger partial charge in [0.25, 0.3) is 5.56 Å². The summed E-state index contributed by atoms with van der Waals surface area (Å²) >= 11 is 0. The van der Waals surface area contributed by atoms with Crippen molar-refractivity contribution >= 4 is 10.9 Å². The minimum atomic E-state index is -0.290. The van der Waals surface area contributed by atoms with Crippen LogP contribution in [-0.2, 0) is 7.05 Å². The quantitative estimate of drug-likeness (QED) is 0.561. The molecule has 4 nitrogen and oxygen atoms in total. The maximum atomic E-state index is 13.2. The average Bonchev–Trinajstić information content (AvgIpc) is 2.65. The van der Waals surface area contributed by atoms with Crippen LogP contribution in [0.5, 0.6) is 0 Å². The summed E-state index contributed by atoms with van der Waals surface area (Å²) < 4.78 is 14.7. The average molecular weight is 331 g/mol. The highest BCUT2D eigenvalue weighted by Crippen LogP contribution is 2.31. The molecule has 122 valence electrons. The molecule has 0 saturated carbocycles. The van der Waals surface area contributed by atoms with Crippen molar-refractivity contribution in [3.05, 3.63) is 83.3 Å². The number of aromatic nitrogens is 3. The van der Waals surface area contributed by atoms with Gasteiger partial charge in [-0.1, -0.05) is 12.1 Å². The van der Waals surface area contributed by atoms with E-state index in [1.807, 2.05) is 30.3 Å². The fraction of sp³-hybridized carbons (Fsp3) is 0.0500. The van der Waals surface area contributed by atoms with Crippen molar-refractivity contribution in [1.82, 2.24) is 14.5 Å². The van der Waals surface area contributed by atoms with Crippen LogP contribution in [-0.4, -0.2) is 14.5 Å². The van der Waals surface area contributed by atoms with Crippen LogP contribution in [0.15, 0.2) is 71.9 Å². The Labute approximate surface area is 143 Å². The molecule has 0 fully saturated rings. The van der Waals surface area contributed by atoms with Gasteiger partial charge >= 0.3 is 0 Å². The van der Waals surface area contributed by atoms with Crippen molar-refractivity contribution in [3.63, 3.8) is 0 Å². The molecule has 0 aliphatic carbocycles.